The lowest BCUT2D eigenvalue weighted by Crippen LogP contribution is -1.93. The van der Waals surface area contributed by atoms with E-state index in [9.17, 15) is 0 Å². The number of rotatable bonds is 3. The molecule has 0 aliphatic carbocycles. The molecule has 2 rings (SSSR count). The summed E-state index contributed by atoms with van der Waals surface area (Å²) >= 11 is 6.06. The molecule has 0 spiro atoms. The van der Waals surface area contributed by atoms with Gasteiger partial charge in [0.25, 0.3) is 0 Å². The zero-order valence-electron chi connectivity index (χ0n) is 11.4. The maximum absolute atomic E-state index is 6.06. The van der Waals surface area contributed by atoms with Gasteiger partial charge in [-0.15, -0.1) is 0 Å². The van der Waals surface area contributed by atoms with E-state index in [0.717, 1.165) is 21.8 Å². The first-order valence-corrected chi connectivity index (χ1v) is 6.56. The lowest BCUT2D eigenvalue weighted by Gasteiger charge is -2.04. The van der Waals surface area contributed by atoms with E-state index in [4.69, 9.17) is 11.6 Å². The smallest absolute Gasteiger partial charge is 0.0576 e. The fourth-order valence-electron chi connectivity index (χ4n) is 1.81. The minimum atomic E-state index is 0.742. The molecule has 98 valence electrons. The van der Waals surface area contributed by atoms with Gasteiger partial charge in [0.05, 0.1) is 11.9 Å². The lowest BCUT2D eigenvalue weighted by molar-refractivity contribution is 1.32. The molecule has 2 aromatic carbocycles. The zero-order valence-corrected chi connectivity index (χ0v) is 12.1. The maximum atomic E-state index is 6.06. The van der Waals surface area contributed by atoms with Crippen LogP contribution in [-0.2, 0) is 0 Å². The van der Waals surface area contributed by atoms with E-state index in [2.05, 4.69) is 42.6 Å². The molecule has 0 fully saturated rings. The molecule has 0 aromatic heterocycles. The highest BCUT2D eigenvalue weighted by Gasteiger charge is 1.97. The second-order valence-electron chi connectivity index (χ2n) is 4.69. The molecule has 0 bridgehead atoms. The molecule has 0 amide bonds. The fraction of sp³-hybridized carbons (Fsp3) is 0.188. The van der Waals surface area contributed by atoms with Crippen molar-refractivity contribution < 1.29 is 0 Å². The molecule has 0 aliphatic heterocycles. The van der Waals surface area contributed by atoms with Gasteiger partial charge in [0.1, 0.15) is 0 Å². The Hall–Kier alpha value is -1.80. The van der Waals surface area contributed by atoms with Crippen molar-refractivity contribution in [2.24, 2.45) is 5.10 Å². The summed E-state index contributed by atoms with van der Waals surface area (Å²) in [5, 5.41) is 4.98. The third kappa shape index (κ3) is 3.58. The van der Waals surface area contributed by atoms with E-state index in [1.165, 1.54) is 11.1 Å². The molecule has 1 N–H and O–H groups in total. The summed E-state index contributed by atoms with van der Waals surface area (Å²) in [6.07, 6.45) is 1.82. The maximum Gasteiger partial charge on any atom is 0.0576 e. The Labute approximate surface area is 119 Å². The summed E-state index contributed by atoms with van der Waals surface area (Å²) in [5.74, 6) is 0. The van der Waals surface area contributed by atoms with Crippen LogP contribution in [-0.4, -0.2) is 6.21 Å². The van der Waals surface area contributed by atoms with Crippen molar-refractivity contribution in [2.75, 3.05) is 5.43 Å². The molecule has 0 saturated heterocycles. The van der Waals surface area contributed by atoms with E-state index in [-0.39, 0.29) is 0 Å². The number of nitrogens with one attached hydrogen (secondary N) is 1. The molecular weight excluding hydrogens is 256 g/mol. The van der Waals surface area contributed by atoms with Crippen LogP contribution >= 0.6 is 11.6 Å². The summed E-state index contributed by atoms with van der Waals surface area (Å²) in [6.45, 7) is 6.14. The minimum absolute atomic E-state index is 0.742. The van der Waals surface area contributed by atoms with Gasteiger partial charge in [-0.1, -0.05) is 41.4 Å². The van der Waals surface area contributed by atoms with Crippen LogP contribution in [0.15, 0.2) is 41.5 Å². The van der Waals surface area contributed by atoms with Crippen molar-refractivity contribution in [1.82, 2.24) is 0 Å². The van der Waals surface area contributed by atoms with E-state index < -0.39 is 0 Å². The van der Waals surface area contributed by atoms with Crippen LogP contribution in [0.25, 0.3) is 0 Å². The summed E-state index contributed by atoms with van der Waals surface area (Å²) in [7, 11) is 0. The van der Waals surface area contributed by atoms with Gasteiger partial charge in [0.15, 0.2) is 0 Å². The molecular formula is C16H17ClN2. The monoisotopic (exact) mass is 272 g/mol. The van der Waals surface area contributed by atoms with Crippen molar-refractivity contribution in [3.8, 4) is 0 Å². The molecule has 2 aromatic rings. The highest BCUT2D eigenvalue weighted by atomic mass is 35.5. The Kier molecular flexibility index (Phi) is 4.23. The Morgan fingerprint density at radius 1 is 1.00 bits per heavy atom. The van der Waals surface area contributed by atoms with Gasteiger partial charge in [-0.25, -0.2) is 0 Å². The first-order valence-electron chi connectivity index (χ1n) is 6.19. The summed E-state index contributed by atoms with van der Waals surface area (Å²) < 4.78 is 0. The topological polar surface area (TPSA) is 24.4 Å². The third-order valence-corrected chi connectivity index (χ3v) is 3.40. The number of hydrazone groups is 1. The van der Waals surface area contributed by atoms with Crippen molar-refractivity contribution in [3.63, 3.8) is 0 Å². The number of aryl methyl sites for hydroxylation is 3. The second-order valence-corrected chi connectivity index (χ2v) is 5.10. The zero-order chi connectivity index (χ0) is 13.8. The Morgan fingerprint density at radius 2 is 1.79 bits per heavy atom. The number of anilines is 1. The molecule has 3 heteroatoms. The SMILES string of the molecule is Cc1ccc(/C=N/Nc2ccc(C)c(Cl)c2)c(C)c1. The highest BCUT2D eigenvalue weighted by molar-refractivity contribution is 6.31. The number of nitrogens with zero attached hydrogens (tertiary/aromatic N) is 1. The van der Waals surface area contributed by atoms with Crippen LogP contribution in [0.4, 0.5) is 5.69 Å². The van der Waals surface area contributed by atoms with Crippen LogP contribution < -0.4 is 5.43 Å². The average molecular weight is 273 g/mol. The summed E-state index contributed by atoms with van der Waals surface area (Å²) in [6, 6.07) is 12.1. The van der Waals surface area contributed by atoms with Crippen LogP contribution in [0.1, 0.15) is 22.3 Å². The van der Waals surface area contributed by atoms with E-state index in [1.807, 2.05) is 31.3 Å². The third-order valence-electron chi connectivity index (χ3n) is 2.99. The van der Waals surface area contributed by atoms with Crippen LogP contribution in [0.3, 0.4) is 0 Å². The fourth-order valence-corrected chi connectivity index (χ4v) is 1.99. The quantitative estimate of drug-likeness (QED) is 0.635. The van der Waals surface area contributed by atoms with Gasteiger partial charge < -0.3 is 0 Å². The number of benzene rings is 2. The molecule has 0 aliphatic rings. The number of hydrogen-bond donors (Lipinski definition) is 1. The van der Waals surface area contributed by atoms with Gasteiger partial charge in [0.2, 0.25) is 0 Å². The van der Waals surface area contributed by atoms with Crippen molar-refractivity contribution >= 4 is 23.5 Å². The number of halogens is 1. The molecule has 0 radical (unpaired) electrons. The largest absolute Gasteiger partial charge is 0.278 e. The van der Waals surface area contributed by atoms with E-state index in [0.29, 0.717) is 0 Å². The minimum Gasteiger partial charge on any atom is -0.278 e. The Balaban J connectivity index is 2.09. The van der Waals surface area contributed by atoms with Crippen molar-refractivity contribution in [2.45, 2.75) is 20.8 Å². The van der Waals surface area contributed by atoms with Crippen molar-refractivity contribution in [1.29, 1.82) is 0 Å². The van der Waals surface area contributed by atoms with E-state index in [1.54, 1.807) is 0 Å². The van der Waals surface area contributed by atoms with Gasteiger partial charge in [-0.3, -0.25) is 5.43 Å². The first-order chi connectivity index (χ1) is 9.06. The van der Waals surface area contributed by atoms with Gasteiger partial charge >= 0.3 is 0 Å². The Morgan fingerprint density at radius 3 is 2.47 bits per heavy atom. The van der Waals surface area contributed by atoms with Gasteiger partial charge in [0, 0.05) is 5.02 Å². The normalized spacial score (nSPS) is 10.9. The molecule has 0 atom stereocenters. The predicted molar refractivity (Wildman–Crippen MR) is 83.3 cm³/mol. The molecule has 19 heavy (non-hydrogen) atoms. The van der Waals surface area contributed by atoms with Gasteiger partial charge in [-0.05, 0) is 49.6 Å². The molecule has 0 unspecified atom stereocenters. The first kappa shape index (κ1) is 13.6. The van der Waals surface area contributed by atoms with Gasteiger partial charge in [-0.2, -0.15) is 5.10 Å². The summed E-state index contributed by atoms with van der Waals surface area (Å²) in [4.78, 5) is 0. The molecule has 0 heterocycles. The summed E-state index contributed by atoms with van der Waals surface area (Å²) in [5.41, 5.74) is 8.51. The van der Waals surface area contributed by atoms with Crippen LogP contribution in [0, 0.1) is 20.8 Å². The number of hydrogen-bond acceptors (Lipinski definition) is 2. The standard InChI is InChI=1S/C16H17ClN2/c1-11-4-6-14(13(3)8-11)10-18-19-15-7-5-12(2)16(17)9-15/h4-10,19H,1-3H3/b18-10+. The molecule has 2 nitrogen and oxygen atoms in total. The van der Waals surface area contributed by atoms with E-state index >= 15 is 0 Å². The second kappa shape index (κ2) is 5.89. The Bertz CT molecular complexity index is 618. The average Bonchev–Trinajstić information content (AvgIpc) is 2.36. The predicted octanol–water partition coefficient (Wildman–Crippen LogP) is 4.71. The highest BCUT2D eigenvalue weighted by Crippen LogP contribution is 2.19. The molecule has 0 saturated carbocycles. The lowest BCUT2D eigenvalue weighted by atomic mass is 10.1. The van der Waals surface area contributed by atoms with Crippen LogP contribution in [0.5, 0.6) is 0 Å². The van der Waals surface area contributed by atoms with Crippen LogP contribution in [0.2, 0.25) is 5.02 Å². The van der Waals surface area contributed by atoms with Crippen molar-refractivity contribution in [3.05, 3.63) is 63.7 Å².